The lowest BCUT2D eigenvalue weighted by Gasteiger charge is -2.59. The van der Waals surface area contributed by atoms with Crippen molar-refractivity contribution >= 4 is 11.9 Å². The van der Waals surface area contributed by atoms with Crippen LogP contribution in [-0.4, -0.2) is 65.8 Å². The predicted molar refractivity (Wildman–Crippen MR) is 97.5 cm³/mol. The number of aliphatic imine (C=N–C) groups is 1. The highest BCUT2D eigenvalue weighted by molar-refractivity contribution is 5.78. The maximum absolute atomic E-state index is 6.35. The Labute approximate surface area is 149 Å². The smallest absolute Gasteiger partial charge is 0.225 e. The fourth-order valence-electron chi connectivity index (χ4n) is 4.41. The number of ether oxygens (including phenoxy) is 1. The molecule has 0 aromatic carbocycles. The summed E-state index contributed by atoms with van der Waals surface area (Å²) >= 11 is 0. The second-order valence-electron chi connectivity index (χ2n) is 7.29. The first-order valence-corrected chi connectivity index (χ1v) is 9.45. The summed E-state index contributed by atoms with van der Waals surface area (Å²) < 4.78 is 5.91. The summed E-state index contributed by atoms with van der Waals surface area (Å²) in [5.41, 5.74) is 6.63. The molecular weight excluding hydrogens is 316 g/mol. The molecule has 1 aliphatic heterocycles. The van der Waals surface area contributed by atoms with E-state index in [1.54, 1.807) is 12.4 Å². The first kappa shape index (κ1) is 16.6. The Morgan fingerprint density at radius 3 is 2.60 bits per heavy atom. The fourth-order valence-corrected chi connectivity index (χ4v) is 4.41. The topological polar surface area (TPSA) is 79.9 Å². The van der Waals surface area contributed by atoms with Crippen molar-refractivity contribution in [2.45, 2.75) is 44.8 Å². The average Bonchev–Trinajstić information content (AvgIpc) is 2.60. The van der Waals surface area contributed by atoms with Crippen LogP contribution in [0.2, 0.25) is 0 Å². The first-order valence-electron chi connectivity index (χ1n) is 9.45. The van der Waals surface area contributed by atoms with Crippen LogP contribution in [0.25, 0.3) is 0 Å². The number of hydrogen-bond acceptors (Lipinski definition) is 5. The Bertz CT molecular complexity index is 609. The molecule has 2 heterocycles. The third kappa shape index (κ3) is 2.94. The number of rotatable bonds is 4. The van der Waals surface area contributed by atoms with Crippen LogP contribution in [0, 0.1) is 5.41 Å². The number of guanidine groups is 1. The van der Waals surface area contributed by atoms with Gasteiger partial charge in [-0.15, -0.1) is 0 Å². The lowest BCUT2D eigenvalue weighted by atomic mass is 9.51. The lowest BCUT2D eigenvalue weighted by Crippen LogP contribution is -2.62. The van der Waals surface area contributed by atoms with Gasteiger partial charge in [0, 0.05) is 50.6 Å². The minimum Gasteiger partial charge on any atom is -0.378 e. The molecule has 2 aliphatic carbocycles. The Morgan fingerprint density at radius 2 is 2.00 bits per heavy atom. The molecule has 2 unspecified atom stereocenters. The van der Waals surface area contributed by atoms with Gasteiger partial charge in [0.25, 0.3) is 0 Å². The second kappa shape index (κ2) is 6.78. The summed E-state index contributed by atoms with van der Waals surface area (Å²) in [7, 11) is 0. The molecule has 1 aromatic heterocycles. The van der Waals surface area contributed by atoms with Gasteiger partial charge in [-0.1, -0.05) is 6.42 Å². The van der Waals surface area contributed by atoms with E-state index < -0.39 is 0 Å². The molecule has 0 amide bonds. The lowest BCUT2D eigenvalue weighted by molar-refractivity contribution is -0.162. The minimum atomic E-state index is 0.278. The van der Waals surface area contributed by atoms with E-state index in [9.17, 15) is 0 Å². The van der Waals surface area contributed by atoms with Crippen LogP contribution in [0.15, 0.2) is 23.5 Å². The molecule has 3 aliphatic rings. The van der Waals surface area contributed by atoms with Gasteiger partial charge in [0.1, 0.15) is 0 Å². The van der Waals surface area contributed by atoms with Crippen molar-refractivity contribution in [2.75, 3.05) is 37.7 Å². The van der Waals surface area contributed by atoms with E-state index in [1.807, 2.05) is 6.07 Å². The maximum Gasteiger partial charge on any atom is 0.225 e. The summed E-state index contributed by atoms with van der Waals surface area (Å²) in [6, 6.07) is 2.18. The van der Waals surface area contributed by atoms with Crippen LogP contribution in [0.1, 0.15) is 32.6 Å². The number of aromatic nitrogens is 2. The molecule has 1 aromatic rings. The summed E-state index contributed by atoms with van der Waals surface area (Å²) in [5, 5.41) is 0. The van der Waals surface area contributed by atoms with Gasteiger partial charge in [0.05, 0.1) is 12.1 Å². The van der Waals surface area contributed by atoms with E-state index in [0.717, 1.165) is 45.2 Å². The largest absolute Gasteiger partial charge is 0.378 e. The van der Waals surface area contributed by atoms with Crippen molar-refractivity contribution in [3.05, 3.63) is 18.5 Å². The summed E-state index contributed by atoms with van der Waals surface area (Å²) in [6.07, 6.45) is 8.75. The van der Waals surface area contributed by atoms with Crippen LogP contribution in [0.3, 0.4) is 0 Å². The second-order valence-corrected chi connectivity index (χ2v) is 7.29. The highest BCUT2D eigenvalue weighted by Gasteiger charge is 2.59. The molecule has 3 fully saturated rings. The van der Waals surface area contributed by atoms with E-state index in [0.29, 0.717) is 18.1 Å². The van der Waals surface area contributed by atoms with Crippen LogP contribution in [-0.2, 0) is 4.74 Å². The van der Waals surface area contributed by atoms with Crippen LogP contribution in [0.4, 0.5) is 5.95 Å². The third-order valence-electron chi connectivity index (χ3n) is 6.12. The van der Waals surface area contributed by atoms with E-state index in [2.05, 4.69) is 26.7 Å². The highest BCUT2D eigenvalue weighted by Crippen LogP contribution is 2.58. The molecule has 4 rings (SSSR count). The van der Waals surface area contributed by atoms with Gasteiger partial charge in [0.2, 0.25) is 5.95 Å². The van der Waals surface area contributed by atoms with Crippen molar-refractivity contribution in [1.29, 1.82) is 0 Å². The summed E-state index contributed by atoms with van der Waals surface area (Å²) in [5.74, 6) is 1.49. The summed E-state index contributed by atoms with van der Waals surface area (Å²) in [4.78, 5) is 18.0. The van der Waals surface area contributed by atoms with Crippen molar-refractivity contribution in [1.82, 2.24) is 14.9 Å². The van der Waals surface area contributed by atoms with Gasteiger partial charge in [-0.05, 0) is 32.3 Å². The molecule has 0 bridgehead atoms. The van der Waals surface area contributed by atoms with E-state index in [4.69, 9.17) is 15.5 Å². The number of nitrogens with zero attached hydrogens (tertiary/aromatic N) is 5. The Hall–Kier alpha value is -1.89. The van der Waals surface area contributed by atoms with Crippen molar-refractivity contribution in [3.8, 4) is 0 Å². The molecule has 2 N–H and O–H groups in total. The van der Waals surface area contributed by atoms with E-state index >= 15 is 0 Å². The van der Waals surface area contributed by atoms with Gasteiger partial charge in [-0.25, -0.2) is 15.0 Å². The quantitative estimate of drug-likeness (QED) is 0.654. The third-order valence-corrected chi connectivity index (χ3v) is 6.12. The molecule has 7 heteroatoms. The zero-order valence-electron chi connectivity index (χ0n) is 15.0. The number of nitrogens with two attached hydrogens (primary N) is 1. The molecule has 7 nitrogen and oxygen atoms in total. The molecule has 2 saturated carbocycles. The molecule has 0 radical (unpaired) electrons. The van der Waals surface area contributed by atoms with Gasteiger partial charge in [-0.3, -0.25) is 0 Å². The summed E-state index contributed by atoms with van der Waals surface area (Å²) in [6.45, 7) is 6.34. The standard InChI is InChI=1S/C18H28N6O/c1-2-25-15-13-14(18(15)5-3-6-18)22-16(19)23-9-11-24(12-10-23)17-20-7-4-8-21-17/h4,7-8,14-15H,2-3,5-6,9-13H2,1H3,(H2,19,22). The van der Waals surface area contributed by atoms with Crippen molar-refractivity contribution in [3.63, 3.8) is 0 Å². The molecular formula is C18H28N6O. The SMILES string of the molecule is CCOC1CC(N=C(N)N2CCN(c3ncccn3)CC2)C12CCC2. The van der Waals surface area contributed by atoms with Crippen LogP contribution in [0.5, 0.6) is 0 Å². The van der Waals surface area contributed by atoms with Crippen molar-refractivity contribution < 1.29 is 4.74 Å². The van der Waals surface area contributed by atoms with Crippen LogP contribution < -0.4 is 10.6 Å². The molecule has 1 spiro atoms. The Balaban J connectivity index is 1.35. The molecule has 136 valence electrons. The number of piperazine rings is 1. The molecule has 1 saturated heterocycles. The number of hydrogen-bond donors (Lipinski definition) is 1. The highest BCUT2D eigenvalue weighted by atomic mass is 16.5. The van der Waals surface area contributed by atoms with Crippen molar-refractivity contribution in [2.24, 2.45) is 16.1 Å². The zero-order chi connectivity index (χ0) is 17.3. The number of anilines is 1. The zero-order valence-corrected chi connectivity index (χ0v) is 15.0. The molecule has 25 heavy (non-hydrogen) atoms. The monoisotopic (exact) mass is 344 g/mol. The van der Waals surface area contributed by atoms with Gasteiger partial charge >= 0.3 is 0 Å². The first-order chi connectivity index (χ1) is 12.2. The molecule has 2 atom stereocenters. The van der Waals surface area contributed by atoms with Gasteiger partial charge in [0.15, 0.2) is 5.96 Å². The maximum atomic E-state index is 6.35. The minimum absolute atomic E-state index is 0.278. The normalized spacial score (nSPS) is 28.6. The Kier molecular flexibility index (Phi) is 4.50. The van der Waals surface area contributed by atoms with Gasteiger partial charge in [-0.2, -0.15) is 0 Å². The van der Waals surface area contributed by atoms with E-state index in [1.165, 1.54) is 19.3 Å². The Morgan fingerprint density at radius 1 is 1.28 bits per heavy atom. The van der Waals surface area contributed by atoms with E-state index in [-0.39, 0.29) is 5.41 Å². The predicted octanol–water partition coefficient (Wildman–Crippen LogP) is 1.26. The van der Waals surface area contributed by atoms with Gasteiger partial charge < -0.3 is 20.3 Å². The van der Waals surface area contributed by atoms with Crippen LogP contribution >= 0.6 is 0 Å². The average molecular weight is 344 g/mol. The fraction of sp³-hybridized carbons (Fsp3) is 0.722.